The summed E-state index contributed by atoms with van der Waals surface area (Å²) >= 11 is 6.64. The molecule has 0 radical (unpaired) electrons. The van der Waals surface area contributed by atoms with E-state index in [-0.39, 0.29) is 55.3 Å². The molecule has 0 unspecified atom stereocenters. The summed E-state index contributed by atoms with van der Waals surface area (Å²) in [5, 5.41) is 46.5. The average molecular weight is 486 g/mol. The third-order valence-electron chi connectivity index (χ3n) is 4.24. The largest absolute Gasteiger partial charge is 0.539 e. The molecule has 2 heterocycles. The summed E-state index contributed by atoms with van der Waals surface area (Å²) in [6.45, 7) is 0. The van der Waals surface area contributed by atoms with Crippen LogP contribution in [0.25, 0.3) is 11.3 Å². The standard InChI is InChI=1S/C19H12ClN7O5S/c1-27-15(19(31)32-26-27)14-10(5-21)16(23)25-17(11(14)6-22)33-7-13(28)24-8-2-3-12(20)9(4-8)18(29)30/h2-4H,7H2,1H3,(H4-,23,24,25,26,28,29,30,31). The van der Waals surface area contributed by atoms with Crippen molar-refractivity contribution < 1.29 is 29.0 Å². The van der Waals surface area contributed by atoms with Crippen LogP contribution in [0.15, 0.2) is 27.7 Å². The first-order chi connectivity index (χ1) is 15.7. The fourth-order valence-electron chi connectivity index (χ4n) is 2.82. The molecule has 0 fully saturated rings. The summed E-state index contributed by atoms with van der Waals surface area (Å²) in [7, 11) is 1.39. The number of anilines is 2. The van der Waals surface area contributed by atoms with Gasteiger partial charge in [-0.3, -0.25) is 4.79 Å². The maximum absolute atomic E-state index is 12.4. The number of carboxylic acid groups (broad SMARTS) is 1. The quantitative estimate of drug-likeness (QED) is 0.332. The molecule has 0 aliphatic rings. The van der Waals surface area contributed by atoms with Crippen LogP contribution in [-0.4, -0.2) is 33.0 Å². The number of nitrogens with zero attached hydrogens (tertiary/aromatic N) is 5. The van der Waals surface area contributed by atoms with E-state index in [0.29, 0.717) is 0 Å². The molecular formula is C19H12ClN7O5S. The van der Waals surface area contributed by atoms with Gasteiger partial charge in [0, 0.05) is 5.69 Å². The van der Waals surface area contributed by atoms with Crippen molar-refractivity contribution in [3.63, 3.8) is 0 Å². The van der Waals surface area contributed by atoms with Gasteiger partial charge in [0.25, 0.3) is 5.69 Å². The number of aromatic nitrogens is 3. The Morgan fingerprint density at radius 3 is 2.64 bits per heavy atom. The highest BCUT2D eigenvalue weighted by Gasteiger charge is 2.29. The molecule has 12 nitrogen and oxygen atoms in total. The minimum atomic E-state index is -1.26. The lowest BCUT2D eigenvalue weighted by Gasteiger charge is -2.11. The van der Waals surface area contributed by atoms with Crippen molar-refractivity contribution in [3.8, 4) is 29.3 Å². The highest BCUT2D eigenvalue weighted by atomic mass is 35.5. The number of carbonyl (C=O) groups excluding carboxylic acids is 1. The molecule has 3 aromatic rings. The fourth-order valence-corrected chi connectivity index (χ4v) is 3.81. The zero-order valence-electron chi connectivity index (χ0n) is 16.6. The highest BCUT2D eigenvalue weighted by molar-refractivity contribution is 8.00. The van der Waals surface area contributed by atoms with Crippen LogP contribution in [-0.2, 0) is 11.8 Å². The van der Waals surface area contributed by atoms with Crippen molar-refractivity contribution in [2.24, 2.45) is 7.05 Å². The fraction of sp³-hybridized carbons (Fsp3) is 0.105. The minimum absolute atomic E-state index is 0.00193. The van der Waals surface area contributed by atoms with Gasteiger partial charge in [-0.05, 0) is 18.2 Å². The van der Waals surface area contributed by atoms with Gasteiger partial charge in [0.2, 0.25) is 5.91 Å². The average Bonchev–Trinajstić information content (AvgIpc) is 3.10. The van der Waals surface area contributed by atoms with E-state index in [1.165, 1.54) is 25.2 Å². The van der Waals surface area contributed by atoms with Gasteiger partial charge in [-0.1, -0.05) is 28.0 Å². The van der Waals surface area contributed by atoms with Gasteiger partial charge in [0.15, 0.2) is 13.0 Å². The van der Waals surface area contributed by atoms with E-state index in [9.17, 15) is 25.2 Å². The van der Waals surface area contributed by atoms with Crippen LogP contribution in [0.1, 0.15) is 21.5 Å². The van der Waals surface area contributed by atoms with Crippen LogP contribution in [0.2, 0.25) is 5.02 Å². The number of nitrogen functional groups attached to an aromatic ring is 1. The van der Waals surface area contributed by atoms with Crippen LogP contribution >= 0.6 is 23.4 Å². The molecule has 33 heavy (non-hydrogen) atoms. The molecule has 0 atom stereocenters. The van der Waals surface area contributed by atoms with Gasteiger partial charge in [0.1, 0.15) is 28.5 Å². The number of aromatic carboxylic acids is 1. The lowest BCUT2D eigenvalue weighted by atomic mass is 10.0. The number of halogens is 1. The van der Waals surface area contributed by atoms with Crippen LogP contribution < -0.4 is 20.8 Å². The van der Waals surface area contributed by atoms with E-state index in [2.05, 4.69) is 20.1 Å². The molecule has 2 aromatic heterocycles. The van der Waals surface area contributed by atoms with Crippen LogP contribution in [0.4, 0.5) is 11.5 Å². The molecule has 1 amide bonds. The maximum Gasteiger partial charge on any atom is 0.337 e. The van der Waals surface area contributed by atoms with E-state index >= 15 is 0 Å². The molecule has 0 bridgehead atoms. The van der Waals surface area contributed by atoms with Gasteiger partial charge < -0.3 is 25.8 Å². The molecule has 4 N–H and O–H groups in total. The summed E-state index contributed by atoms with van der Waals surface area (Å²) in [5.41, 5.74) is 5.23. The predicted molar refractivity (Wildman–Crippen MR) is 112 cm³/mol. The van der Waals surface area contributed by atoms with Crippen LogP contribution in [0, 0.1) is 22.7 Å². The van der Waals surface area contributed by atoms with Gasteiger partial charge in [-0.25, -0.2) is 9.78 Å². The Labute approximate surface area is 194 Å². The van der Waals surface area contributed by atoms with E-state index in [1.54, 1.807) is 0 Å². The van der Waals surface area contributed by atoms with Crippen molar-refractivity contribution in [2.45, 2.75) is 5.03 Å². The lowest BCUT2D eigenvalue weighted by molar-refractivity contribution is -0.730. The second-order valence-electron chi connectivity index (χ2n) is 6.32. The van der Waals surface area contributed by atoms with Gasteiger partial charge in [0.05, 0.1) is 32.7 Å². The third kappa shape index (κ3) is 4.64. The molecule has 0 aliphatic heterocycles. The molecule has 0 saturated heterocycles. The molecule has 0 saturated carbocycles. The van der Waals surface area contributed by atoms with Crippen LogP contribution in [0.5, 0.6) is 5.95 Å². The normalized spacial score (nSPS) is 10.3. The number of hydrogen-bond acceptors (Lipinski definition) is 10. The van der Waals surface area contributed by atoms with Crippen molar-refractivity contribution in [1.29, 1.82) is 10.5 Å². The first-order valence-electron chi connectivity index (χ1n) is 8.80. The molecule has 0 spiro atoms. The van der Waals surface area contributed by atoms with Crippen molar-refractivity contribution in [3.05, 3.63) is 39.9 Å². The summed E-state index contributed by atoms with van der Waals surface area (Å²) in [6.07, 6.45) is 0. The predicted octanol–water partition coefficient (Wildman–Crippen LogP) is 1.04. The molecule has 1 aromatic carbocycles. The smallest absolute Gasteiger partial charge is 0.337 e. The molecule has 3 rings (SSSR count). The van der Waals surface area contributed by atoms with Crippen molar-refractivity contribution in [1.82, 2.24) is 10.3 Å². The Morgan fingerprint density at radius 1 is 1.36 bits per heavy atom. The number of rotatable bonds is 6. The number of benzene rings is 1. The SMILES string of the molecule is C[n+]1noc([O-])c1-c1c(C#N)c(N)nc(SCC(=O)Nc2ccc(Cl)c(C(=O)O)c2)c1C#N. The second kappa shape index (κ2) is 9.44. The number of hydrogen-bond donors (Lipinski definition) is 3. The summed E-state index contributed by atoms with van der Waals surface area (Å²) in [6, 6.07) is 7.66. The number of thioether (sulfide) groups is 1. The molecule has 166 valence electrons. The first kappa shape index (κ1) is 23.3. The monoisotopic (exact) mass is 485 g/mol. The maximum atomic E-state index is 12.4. The zero-order valence-corrected chi connectivity index (χ0v) is 18.2. The molecule has 14 heteroatoms. The van der Waals surface area contributed by atoms with E-state index < -0.39 is 17.8 Å². The Kier molecular flexibility index (Phi) is 6.67. The van der Waals surface area contributed by atoms with Crippen LogP contribution in [0.3, 0.4) is 0 Å². The summed E-state index contributed by atoms with van der Waals surface area (Å²) in [4.78, 5) is 27.6. The molecular weight excluding hydrogens is 474 g/mol. The number of pyridine rings is 1. The second-order valence-corrected chi connectivity index (χ2v) is 7.69. The number of carboxylic acids is 1. The summed E-state index contributed by atoms with van der Waals surface area (Å²) < 4.78 is 5.64. The van der Waals surface area contributed by atoms with E-state index in [0.717, 1.165) is 16.4 Å². The Hall–Kier alpha value is -4.33. The topological polar surface area (TPSA) is 206 Å². The Balaban J connectivity index is 1.92. The minimum Gasteiger partial charge on any atom is -0.539 e. The van der Waals surface area contributed by atoms with E-state index in [4.69, 9.17) is 22.4 Å². The highest BCUT2D eigenvalue weighted by Crippen LogP contribution is 2.36. The third-order valence-corrected chi connectivity index (χ3v) is 5.54. The van der Waals surface area contributed by atoms with Gasteiger partial charge in [-0.15, -0.1) is 0 Å². The zero-order chi connectivity index (χ0) is 24.3. The number of aryl methyl sites for hydroxylation is 1. The van der Waals surface area contributed by atoms with Gasteiger partial charge in [-0.2, -0.15) is 10.5 Å². The first-order valence-corrected chi connectivity index (χ1v) is 10.2. The number of nitrogens with two attached hydrogens (primary N) is 1. The van der Waals surface area contributed by atoms with E-state index in [1.807, 2.05) is 12.1 Å². The number of carbonyl (C=O) groups is 2. The molecule has 0 aliphatic carbocycles. The number of nitrogens with one attached hydrogen (secondary N) is 1. The van der Waals surface area contributed by atoms with Crippen molar-refractivity contribution in [2.75, 3.05) is 16.8 Å². The number of nitriles is 2. The summed E-state index contributed by atoms with van der Waals surface area (Å²) in [5.74, 6) is -3.19. The lowest BCUT2D eigenvalue weighted by Crippen LogP contribution is -2.32. The Morgan fingerprint density at radius 2 is 2.06 bits per heavy atom. The van der Waals surface area contributed by atoms with Gasteiger partial charge >= 0.3 is 5.97 Å². The number of amides is 1. The Bertz CT molecular complexity index is 1360. The van der Waals surface area contributed by atoms with Crippen molar-refractivity contribution >= 4 is 46.7 Å².